The molecule has 11 rings (SSSR count). The third-order valence-electron chi connectivity index (χ3n) is 11.3. The van der Waals surface area contributed by atoms with Gasteiger partial charge in [0.05, 0.1) is 11.4 Å². The molecule has 2 aromatic heterocycles. The lowest BCUT2D eigenvalue weighted by Crippen LogP contribution is -1.98. The highest BCUT2D eigenvalue weighted by Crippen LogP contribution is 2.41. The van der Waals surface area contributed by atoms with Crippen molar-refractivity contribution in [1.82, 2.24) is 9.97 Å². The molecule has 0 aliphatic carbocycles. The van der Waals surface area contributed by atoms with Crippen LogP contribution in [0.1, 0.15) is 0 Å². The molecule has 0 fully saturated rings. The normalized spacial score (nSPS) is 11.4. The van der Waals surface area contributed by atoms with Crippen LogP contribution in [0.3, 0.4) is 0 Å². The summed E-state index contributed by atoms with van der Waals surface area (Å²) >= 11 is 0. The molecule has 0 aliphatic rings. The maximum absolute atomic E-state index is 6.62. The number of furan rings is 1. The number of hydrogen-bond acceptors (Lipinski definition) is 3. The van der Waals surface area contributed by atoms with Gasteiger partial charge in [0.2, 0.25) is 0 Å². The highest BCUT2D eigenvalue weighted by atomic mass is 16.3. The van der Waals surface area contributed by atoms with Crippen molar-refractivity contribution in [2.45, 2.75) is 0 Å². The number of para-hydroxylation sites is 2. The zero-order chi connectivity index (χ0) is 39.1. The summed E-state index contributed by atoms with van der Waals surface area (Å²) in [6.45, 7) is 0. The predicted octanol–water partition coefficient (Wildman–Crippen LogP) is 15.2. The molecule has 3 heteroatoms. The molecule has 0 N–H and O–H groups in total. The minimum Gasteiger partial charge on any atom is -0.455 e. The molecular weight excluding hydrogens is 717 g/mol. The molecule has 0 bridgehead atoms. The Morgan fingerprint density at radius 2 is 0.898 bits per heavy atom. The Balaban J connectivity index is 1.18. The number of rotatable bonds is 7. The van der Waals surface area contributed by atoms with E-state index in [9.17, 15) is 0 Å². The van der Waals surface area contributed by atoms with Crippen molar-refractivity contribution in [3.05, 3.63) is 218 Å². The maximum Gasteiger partial charge on any atom is 0.160 e. The zero-order valence-electron chi connectivity index (χ0n) is 32.1. The Morgan fingerprint density at radius 1 is 0.288 bits per heavy atom. The molecule has 9 aromatic carbocycles. The van der Waals surface area contributed by atoms with E-state index < -0.39 is 0 Å². The van der Waals surface area contributed by atoms with Crippen molar-refractivity contribution < 1.29 is 4.42 Å². The molecule has 0 aliphatic heterocycles. The monoisotopic (exact) mass is 752 g/mol. The van der Waals surface area contributed by atoms with Crippen molar-refractivity contribution in [3.8, 4) is 78.4 Å². The Labute approximate surface area is 342 Å². The summed E-state index contributed by atoms with van der Waals surface area (Å²) in [4.78, 5) is 10.7. The summed E-state index contributed by atoms with van der Waals surface area (Å²) in [6, 6.07) is 77.0. The first kappa shape index (κ1) is 34.4. The summed E-state index contributed by atoms with van der Waals surface area (Å²) in [5, 5.41) is 4.60. The van der Waals surface area contributed by atoms with E-state index in [1.54, 1.807) is 0 Å². The first-order valence-electron chi connectivity index (χ1n) is 20.0. The van der Waals surface area contributed by atoms with Crippen LogP contribution in [0.25, 0.3) is 111 Å². The molecule has 11 aromatic rings. The van der Waals surface area contributed by atoms with Crippen LogP contribution in [0.2, 0.25) is 0 Å². The molecular formula is C56H36N2O. The third-order valence-corrected chi connectivity index (χ3v) is 11.3. The average Bonchev–Trinajstić information content (AvgIpc) is 3.71. The average molecular weight is 753 g/mol. The lowest BCUT2D eigenvalue weighted by Gasteiger charge is -2.16. The SMILES string of the molecule is c1ccc(-c2ccc(-c3ccccc3)c(-c3cc(-c4cc(-c5ccc6ccccc6c5)cc(-c5cccc6c5oc5ccccc56)c4)nc(-c4ccccc4)n3)c2)cc1. The molecule has 3 nitrogen and oxygen atoms in total. The lowest BCUT2D eigenvalue weighted by atomic mass is 9.91. The second kappa shape index (κ2) is 14.6. The van der Waals surface area contributed by atoms with Gasteiger partial charge in [-0.3, -0.25) is 0 Å². The van der Waals surface area contributed by atoms with Crippen molar-refractivity contribution in [2.75, 3.05) is 0 Å². The summed E-state index contributed by atoms with van der Waals surface area (Å²) in [7, 11) is 0. The van der Waals surface area contributed by atoms with Crippen molar-refractivity contribution in [3.63, 3.8) is 0 Å². The quantitative estimate of drug-likeness (QED) is 0.163. The number of nitrogens with zero attached hydrogens (tertiary/aromatic N) is 2. The zero-order valence-corrected chi connectivity index (χ0v) is 32.1. The van der Waals surface area contributed by atoms with Crippen LogP contribution in [0, 0.1) is 0 Å². The minimum atomic E-state index is 0.666. The number of hydrogen-bond donors (Lipinski definition) is 0. The Hall–Kier alpha value is -7.88. The Morgan fingerprint density at radius 3 is 1.71 bits per heavy atom. The van der Waals surface area contributed by atoms with Gasteiger partial charge in [-0.1, -0.05) is 176 Å². The van der Waals surface area contributed by atoms with Crippen molar-refractivity contribution in [1.29, 1.82) is 0 Å². The molecule has 276 valence electrons. The van der Waals surface area contributed by atoms with Gasteiger partial charge in [0.1, 0.15) is 11.2 Å². The third kappa shape index (κ3) is 6.45. The van der Waals surface area contributed by atoms with Gasteiger partial charge in [-0.25, -0.2) is 9.97 Å². The van der Waals surface area contributed by atoms with Gasteiger partial charge < -0.3 is 4.42 Å². The highest BCUT2D eigenvalue weighted by Gasteiger charge is 2.19. The van der Waals surface area contributed by atoms with Gasteiger partial charge in [0, 0.05) is 33.0 Å². The predicted molar refractivity (Wildman–Crippen MR) is 245 cm³/mol. The first-order chi connectivity index (χ1) is 29.2. The molecule has 0 spiro atoms. The fourth-order valence-electron chi connectivity index (χ4n) is 8.33. The largest absolute Gasteiger partial charge is 0.455 e. The van der Waals surface area contributed by atoms with Gasteiger partial charge in [-0.2, -0.15) is 0 Å². The highest BCUT2D eigenvalue weighted by molar-refractivity contribution is 6.10. The Kier molecular flexibility index (Phi) is 8.49. The molecule has 59 heavy (non-hydrogen) atoms. The van der Waals surface area contributed by atoms with Gasteiger partial charge in [0.25, 0.3) is 0 Å². The van der Waals surface area contributed by atoms with Crippen LogP contribution in [0.4, 0.5) is 0 Å². The van der Waals surface area contributed by atoms with Crippen molar-refractivity contribution >= 4 is 32.7 Å². The van der Waals surface area contributed by atoms with E-state index in [2.05, 4.69) is 188 Å². The van der Waals surface area contributed by atoms with Gasteiger partial charge in [-0.15, -0.1) is 0 Å². The van der Waals surface area contributed by atoms with Crippen LogP contribution < -0.4 is 0 Å². The van der Waals surface area contributed by atoms with Crippen molar-refractivity contribution in [2.24, 2.45) is 0 Å². The van der Waals surface area contributed by atoms with E-state index in [0.717, 1.165) is 94.5 Å². The summed E-state index contributed by atoms with van der Waals surface area (Å²) in [5.41, 5.74) is 15.2. The van der Waals surface area contributed by atoms with Gasteiger partial charge in [-0.05, 0) is 92.2 Å². The van der Waals surface area contributed by atoms with Crippen LogP contribution in [0.15, 0.2) is 223 Å². The van der Waals surface area contributed by atoms with Crippen LogP contribution in [-0.4, -0.2) is 9.97 Å². The first-order valence-corrected chi connectivity index (χ1v) is 20.0. The second-order valence-corrected chi connectivity index (χ2v) is 15.0. The van der Waals surface area contributed by atoms with E-state index in [4.69, 9.17) is 14.4 Å². The molecule has 0 saturated carbocycles. The summed E-state index contributed by atoms with van der Waals surface area (Å²) in [5.74, 6) is 0.666. The fourth-order valence-corrected chi connectivity index (χ4v) is 8.33. The Bertz CT molecular complexity index is 3310. The lowest BCUT2D eigenvalue weighted by molar-refractivity contribution is 0.670. The fraction of sp³-hybridized carbons (Fsp3) is 0. The van der Waals surface area contributed by atoms with E-state index in [1.807, 2.05) is 30.3 Å². The molecule has 0 amide bonds. The van der Waals surface area contributed by atoms with Crippen LogP contribution in [0.5, 0.6) is 0 Å². The molecule has 0 saturated heterocycles. The number of aromatic nitrogens is 2. The van der Waals surface area contributed by atoms with E-state index in [0.29, 0.717) is 5.82 Å². The van der Waals surface area contributed by atoms with E-state index in [1.165, 1.54) is 10.8 Å². The minimum absolute atomic E-state index is 0.666. The van der Waals surface area contributed by atoms with E-state index in [-0.39, 0.29) is 0 Å². The second-order valence-electron chi connectivity index (χ2n) is 15.0. The number of fused-ring (bicyclic) bond motifs is 4. The standard InChI is InChI=1S/C56H36N2O/c1-4-15-37(16-5-1)43-29-30-47(39-18-6-2-7-19-39)51(35-43)53-36-52(57-56(58-53)40-20-8-3-9-21-40)46-33-44(42-28-27-38-17-10-11-22-41(38)31-42)32-45(34-46)48-24-14-25-50-49-23-12-13-26-54(49)59-55(48)50/h1-36H. The van der Waals surface area contributed by atoms with Gasteiger partial charge >= 0.3 is 0 Å². The van der Waals surface area contributed by atoms with Gasteiger partial charge in [0.15, 0.2) is 5.82 Å². The molecule has 0 unspecified atom stereocenters. The molecule has 0 atom stereocenters. The smallest absolute Gasteiger partial charge is 0.160 e. The maximum atomic E-state index is 6.62. The van der Waals surface area contributed by atoms with Crippen LogP contribution >= 0.6 is 0 Å². The number of benzene rings is 9. The summed E-state index contributed by atoms with van der Waals surface area (Å²) < 4.78 is 6.62. The van der Waals surface area contributed by atoms with E-state index >= 15 is 0 Å². The topological polar surface area (TPSA) is 38.9 Å². The molecule has 2 heterocycles. The van der Waals surface area contributed by atoms with Crippen LogP contribution in [-0.2, 0) is 0 Å². The summed E-state index contributed by atoms with van der Waals surface area (Å²) in [6.07, 6.45) is 0. The molecule has 0 radical (unpaired) electrons.